The summed E-state index contributed by atoms with van der Waals surface area (Å²) in [5.74, 6) is 0. The SMILES string of the molecule is Brc1ccc(CNCc2cn[nH]c2)nc1. The Morgan fingerprint density at radius 2 is 2.20 bits per heavy atom. The van der Waals surface area contributed by atoms with E-state index in [1.54, 1.807) is 6.20 Å². The molecule has 2 rings (SSSR count). The van der Waals surface area contributed by atoms with Crippen LogP contribution in [0.4, 0.5) is 0 Å². The number of pyridine rings is 1. The minimum Gasteiger partial charge on any atom is -0.307 e. The van der Waals surface area contributed by atoms with Crippen LogP contribution < -0.4 is 5.32 Å². The van der Waals surface area contributed by atoms with Gasteiger partial charge in [-0.05, 0) is 28.1 Å². The van der Waals surface area contributed by atoms with Gasteiger partial charge in [0.2, 0.25) is 0 Å². The Kier molecular flexibility index (Phi) is 3.47. The van der Waals surface area contributed by atoms with Crippen LogP contribution in [-0.4, -0.2) is 15.2 Å². The van der Waals surface area contributed by atoms with Gasteiger partial charge < -0.3 is 5.32 Å². The third kappa shape index (κ3) is 3.14. The Balaban J connectivity index is 1.81. The normalized spacial score (nSPS) is 10.5. The summed E-state index contributed by atoms with van der Waals surface area (Å²) in [7, 11) is 0. The molecule has 2 heterocycles. The lowest BCUT2D eigenvalue weighted by Gasteiger charge is -2.02. The van der Waals surface area contributed by atoms with E-state index in [-0.39, 0.29) is 0 Å². The van der Waals surface area contributed by atoms with Gasteiger partial charge in [0, 0.05) is 35.5 Å². The van der Waals surface area contributed by atoms with Crippen molar-refractivity contribution in [2.75, 3.05) is 0 Å². The van der Waals surface area contributed by atoms with Gasteiger partial charge in [-0.2, -0.15) is 5.10 Å². The number of hydrogen-bond acceptors (Lipinski definition) is 3. The minimum atomic E-state index is 0.762. The second kappa shape index (κ2) is 5.04. The van der Waals surface area contributed by atoms with Crippen LogP contribution in [0.1, 0.15) is 11.3 Å². The van der Waals surface area contributed by atoms with E-state index in [0.717, 1.165) is 28.8 Å². The van der Waals surface area contributed by atoms with Crippen molar-refractivity contribution in [3.05, 3.63) is 46.5 Å². The lowest BCUT2D eigenvalue weighted by Crippen LogP contribution is -2.13. The van der Waals surface area contributed by atoms with Crippen molar-refractivity contribution in [3.8, 4) is 0 Å². The van der Waals surface area contributed by atoms with E-state index in [0.29, 0.717) is 0 Å². The largest absolute Gasteiger partial charge is 0.307 e. The zero-order valence-corrected chi connectivity index (χ0v) is 9.66. The van der Waals surface area contributed by atoms with Crippen LogP contribution in [-0.2, 0) is 13.1 Å². The van der Waals surface area contributed by atoms with Gasteiger partial charge in [0.25, 0.3) is 0 Å². The molecule has 0 radical (unpaired) electrons. The fourth-order valence-corrected chi connectivity index (χ4v) is 1.45. The molecule has 78 valence electrons. The van der Waals surface area contributed by atoms with E-state index in [2.05, 4.69) is 36.4 Å². The highest BCUT2D eigenvalue weighted by Crippen LogP contribution is 2.07. The lowest BCUT2D eigenvalue weighted by molar-refractivity contribution is 0.680. The molecular weight excluding hydrogens is 256 g/mol. The van der Waals surface area contributed by atoms with Gasteiger partial charge in [-0.3, -0.25) is 10.1 Å². The van der Waals surface area contributed by atoms with Crippen LogP contribution in [0.5, 0.6) is 0 Å². The summed E-state index contributed by atoms with van der Waals surface area (Å²) in [5, 5.41) is 9.93. The van der Waals surface area contributed by atoms with Crippen molar-refractivity contribution in [2.24, 2.45) is 0 Å². The van der Waals surface area contributed by atoms with E-state index >= 15 is 0 Å². The number of rotatable bonds is 4. The molecule has 0 aliphatic rings. The molecule has 2 N–H and O–H groups in total. The lowest BCUT2D eigenvalue weighted by atomic mass is 10.3. The molecule has 5 heteroatoms. The van der Waals surface area contributed by atoms with E-state index in [1.165, 1.54) is 0 Å². The summed E-state index contributed by atoms with van der Waals surface area (Å²) in [6.45, 7) is 1.56. The van der Waals surface area contributed by atoms with Crippen molar-refractivity contribution < 1.29 is 0 Å². The summed E-state index contributed by atoms with van der Waals surface area (Å²) < 4.78 is 1.00. The molecule has 2 aromatic rings. The maximum absolute atomic E-state index is 4.26. The summed E-state index contributed by atoms with van der Waals surface area (Å²) in [6.07, 6.45) is 5.49. The third-order valence-corrected chi connectivity index (χ3v) is 2.45. The summed E-state index contributed by atoms with van der Waals surface area (Å²) in [5.41, 5.74) is 2.17. The van der Waals surface area contributed by atoms with Gasteiger partial charge in [0.1, 0.15) is 0 Å². The minimum absolute atomic E-state index is 0.762. The smallest absolute Gasteiger partial charge is 0.0542 e. The first kappa shape index (κ1) is 10.3. The number of aromatic amines is 1. The zero-order valence-electron chi connectivity index (χ0n) is 8.07. The molecule has 0 amide bonds. The number of hydrogen-bond donors (Lipinski definition) is 2. The van der Waals surface area contributed by atoms with Crippen LogP contribution in [0, 0.1) is 0 Å². The van der Waals surface area contributed by atoms with Crippen molar-refractivity contribution >= 4 is 15.9 Å². The van der Waals surface area contributed by atoms with Gasteiger partial charge >= 0.3 is 0 Å². The molecule has 0 fully saturated rings. The summed E-state index contributed by atoms with van der Waals surface area (Å²) in [4.78, 5) is 4.26. The van der Waals surface area contributed by atoms with Crippen molar-refractivity contribution in [1.82, 2.24) is 20.5 Å². The number of halogens is 1. The number of nitrogens with zero attached hydrogens (tertiary/aromatic N) is 2. The van der Waals surface area contributed by atoms with E-state index in [1.807, 2.05) is 24.5 Å². The van der Waals surface area contributed by atoms with Gasteiger partial charge in [0.05, 0.1) is 11.9 Å². The average Bonchev–Trinajstić information content (AvgIpc) is 2.74. The maximum Gasteiger partial charge on any atom is 0.0542 e. The monoisotopic (exact) mass is 266 g/mol. The van der Waals surface area contributed by atoms with Gasteiger partial charge in [-0.15, -0.1) is 0 Å². The van der Waals surface area contributed by atoms with Crippen molar-refractivity contribution in [3.63, 3.8) is 0 Å². The molecule has 0 unspecified atom stereocenters. The summed E-state index contributed by atoms with van der Waals surface area (Å²) in [6, 6.07) is 3.98. The van der Waals surface area contributed by atoms with Crippen LogP contribution >= 0.6 is 15.9 Å². The van der Waals surface area contributed by atoms with Crippen LogP contribution in [0.3, 0.4) is 0 Å². The number of H-pyrrole nitrogens is 1. The number of aromatic nitrogens is 3. The number of nitrogens with one attached hydrogen (secondary N) is 2. The molecule has 2 aromatic heterocycles. The Hall–Kier alpha value is -1.20. The van der Waals surface area contributed by atoms with Crippen molar-refractivity contribution in [1.29, 1.82) is 0 Å². The molecule has 0 saturated carbocycles. The van der Waals surface area contributed by atoms with E-state index < -0.39 is 0 Å². The molecule has 0 aliphatic heterocycles. The molecular formula is C10H11BrN4. The van der Waals surface area contributed by atoms with Crippen LogP contribution in [0.25, 0.3) is 0 Å². The molecule has 0 atom stereocenters. The van der Waals surface area contributed by atoms with E-state index in [4.69, 9.17) is 0 Å². The molecule has 4 nitrogen and oxygen atoms in total. The maximum atomic E-state index is 4.26. The highest BCUT2D eigenvalue weighted by molar-refractivity contribution is 9.10. The Labute approximate surface area is 96.3 Å². The predicted molar refractivity (Wildman–Crippen MR) is 61.1 cm³/mol. The first-order valence-corrected chi connectivity index (χ1v) is 5.43. The second-order valence-corrected chi connectivity index (χ2v) is 4.09. The fraction of sp³-hybridized carbons (Fsp3) is 0.200. The summed E-state index contributed by atoms with van der Waals surface area (Å²) >= 11 is 3.35. The van der Waals surface area contributed by atoms with Crippen LogP contribution in [0.2, 0.25) is 0 Å². The Bertz CT molecular complexity index is 396. The highest BCUT2D eigenvalue weighted by Gasteiger charge is 1.96. The average molecular weight is 267 g/mol. The van der Waals surface area contributed by atoms with Gasteiger partial charge in [-0.1, -0.05) is 0 Å². The zero-order chi connectivity index (χ0) is 10.5. The van der Waals surface area contributed by atoms with Crippen molar-refractivity contribution in [2.45, 2.75) is 13.1 Å². The van der Waals surface area contributed by atoms with Gasteiger partial charge in [0.15, 0.2) is 0 Å². The quantitative estimate of drug-likeness (QED) is 0.889. The van der Waals surface area contributed by atoms with Crippen LogP contribution in [0.15, 0.2) is 35.2 Å². The molecule has 0 bridgehead atoms. The Morgan fingerprint density at radius 1 is 1.27 bits per heavy atom. The molecule has 0 saturated heterocycles. The molecule has 0 spiro atoms. The first-order valence-electron chi connectivity index (χ1n) is 4.63. The Morgan fingerprint density at radius 3 is 2.87 bits per heavy atom. The highest BCUT2D eigenvalue weighted by atomic mass is 79.9. The fourth-order valence-electron chi connectivity index (χ4n) is 1.22. The third-order valence-electron chi connectivity index (χ3n) is 1.98. The predicted octanol–water partition coefficient (Wildman–Crippen LogP) is 1.86. The first-order chi connectivity index (χ1) is 7.34. The molecule has 0 aliphatic carbocycles. The topological polar surface area (TPSA) is 53.6 Å². The van der Waals surface area contributed by atoms with E-state index in [9.17, 15) is 0 Å². The van der Waals surface area contributed by atoms with Gasteiger partial charge in [-0.25, -0.2) is 0 Å². The molecule has 0 aromatic carbocycles. The second-order valence-electron chi connectivity index (χ2n) is 3.18. The molecule has 15 heavy (non-hydrogen) atoms. The standard InChI is InChI=1S/C10H11BrN4/c11-9-1-2-10(13-6-9)7-12-3-8-4-14-15-5-8/h1-2,4-6,12H,3,7H2,(H,14,15).